The molecule has 1 aliphatic rings. The van der Waals surface area contributed by atoms with Gasteiger partial charge in [-0.1, -0.05) is 26.0 Å². The van der Waals surface area contributed by atoms with Gasteiger partial charge < -0.3 is 19.0 Å². The van der Waals surface area contributed by atoms with Crippen LogP contribution < -0.4 is 10.2 Å². The summed E-state index contributed by atoms with van der Waals surface area (Å²) in [6.07, 6.45) is 0. The zero-order valence-electron chi connectivity index (χ0n) is 20.1. The highest BCUT2D eigenvalue weighted by atomic mass is 16.5. The fourth-order valence-electron chi connectivity index (χ4n) is 4.55. The summed E-state index contributed by atoms with van der Waals surface area (Å²) < 4.78 is 11.7. The molecule has 1 atom stereocenters. The summed E-state index contributed by atoms with van der Waals surface area (Å²) in [4.78, 5) is 31.3. The number of carbonyl (C=O) groups excluding carboxylic acids is 1. The van der Waals surface area contributed by atoms with Crippen molar-refractivity contribution in [1.29, 1.82) is 0 Å². The molecule has 0 fully saturated rings. The Labute approximate surface area is 194 Å². The number of likely N-dealkylation sites (N-methyl/N-ethyl adjacent to an activating group) is 1. The normalized spacial score (nSPS) is 15.5. The van der Waals surface area contributed by atoms with Gasteiger partial charge in [0.25, 0.3) is 5.91 Å². The molecule has 1 amide bonds. The lowest BCUT2D eigenvalue weighted by molar-refractivity contribution is 0.0708. The molecular weight excluding hydrogens is 416 g/mol. The molecule has 0 saturated heterocycles. The first kappa shape index (κ1) is 23.1. The summed E-state index contributed by atoms with van der Waals surface area (Å²) in [5.41, 5.74) is 3.69. The van der Waals surface area contributed by atoms with Crippen molar-refractivity contribution in [2.24, 2.45) is 0 Å². The van der Waals surface area contributed by atoms with Crippen LogP contribution in [0.5, 0.6) is 5.75 Å². The van der Waals surface area contributed by atoms with Crippen molar-refractivity contribution in [2.45, 2.75) is 40.7 Å². The molecule has 0 unspecified atom stereocenters. The van der Waals surface area contributed by atoms with Crippen molar-refractivity contribution in [2.75, 3.05) is 32.8 Å². The first-order valence-electron chi connectivity index (χ1n) is 11.7. The van der Waals surface area contributed by atoms with E-state index in [1.165, 1.54) is 0 Å². The molecule has 0 radical (unpaired) electrons. The van der Waals surface area contributed by atoms with Crippen molar-refractivity contribution < 1.29 is 13.9 Å². The number of aryl methyl sites for hydroxylation is 2. The van der Waals surface area contributed by atoms with Crippen LogP contribution in [0.25, 0.3) is 11.0 Å². The third-order valence-electron chi connectivity index (χ3n) is 6.64. The van der Waals surface area contributed by atoms with E-state index in [0.717, 1.165) is 42.1 Å². The number of hydrogen-bond acceptors (Lipinski definition) is 5. The molecule has 6 nitrogen and oxygen atoms in total. The minimum absolute atomic E-state index is 0.132. The summed E-state index contributed by atoms with van der Waals surface area (Å²) >= 11 is 0. The summed E-state index contributed by atoms with van der Waals surface area (Å²) in [5, 5.41) is 0.520. The first-order chi connectivity index (χ1) is 15.9. The molecule has 6 heteroatoms. The Morgan fingerprint density at radius 3 is 2.30 bits per heavy atom. The maximum atomic E-state index is 13.7. The van der Waals surface area contributed by atoms with Crippen molar-refractivity contribution in [3.8, 4) is 5.75 Å². The van der Waals surface area contributed by atoms with Crippen LogP contribution >= 0.6 is 0 Å². The maximum Gasteiger partial charge on any atom is 0.290 e. The van der Waals surface area contributed by atoms with Gasteiger partial charge in [-0.15, -0.1) is 0 Å². The fraction of sp³-hybridized carbons (Fsp3) is 0.407. The number of fused-ring (bicyclic) bond motifs is 2. The number of ether oxygens (including phenoxy) is 1. The van der Waals surface area contributed by atoms with Crippen molar-refractivity contribution >= 4 is 16.9 Å². The Hall–Kier alpha value is -3.12. The molecule has 2 heterocycles. The smallest absolute Gasteiger partial charge is 0.290 e. The van der Waals surface area contributed by atoms with Crippen LogP contribution in [0.4, 0.5) is 0 Å². The SMILES string of the molecule is CCOc1ccc([C@@H]2c3c(oc4cc(C)c(C)cc4c3=O)C(=O)N2CCN(CC)CC)cc1. The molecule has 33 heavy (non-hydrogen) atoms. The Morgan fingerprint density at radius 2 is 1.67 bits per heavy atom. The highest BCUT2D eigenvalue weighted by Gasteiger charge is 2.42. The average Bonchev–Trinajstić information content (AvgIpc) is 3.09. The van der Waals surface area contributed by atoms with E-state index in [1.807, 2.05) is 57.2 Å². The third-order valence-corrected chi connectivity index (χ3v) is 6.64. The Morgan fingerprint density at radius 1 is 1.00 bits per heavy atom. The predicted octanol–water partition coefficient (Wildman–Crippen LogP) is 4.70. The Balaban J connectivity index is 1.86. The van der Waals surface area contributed by atoms with Crippen LogP contribution in [-0.4, -0.2) is 48.5 Å². The van der Waals surface area contributed by atoms with E-state index in [2.05, 4.69) is 18.7 Å². The lowest BCUT2D eigenvalue weighted by atomic mass is 9.97. The van der Waals surface area contributed by atoms with Gasteiger partial charge in [-0.05, 0) is 74.8 Å². The first-order valence-corrected chi connectivity index (χ1v) is 11.7. The molecule has 0 spiro atoms. The quantitative estimate of drug-likeness (QED) is 0.500. The van der Waals surface area contributed by atoms with Crippen LogP contribution in [0, 0.1) is 13.8 Å². The van der Waals surface area contributed by atoms with Gasteiger partial charge >= 0.3 is 0 Å². The summed E-state index contributed by atoms with van der Waals surface area (Å²) in [7, 11) is 0. The number of nitrogens with zero attached hydrogens (tertiary/aromatic N) is 2. The van der Waals surface area contributed by atoms with Crippen molar-refractivity contribution in [1.82, 2.24) is 9.80 Å². The van der Waals surface area contributed by atoms with Crippen LogP contribution in [0.2, 0.25) is 0 Å². The molecule has 174 valence electrons. The predicted molar refractivity (Wildman–Crippen MR) is 130 cm³/mol. The van der Waals surface area contributed by atoms with E-state index < -0.39 is 6.04 Å². The third kappa shape index (κ3) is 4.15. The highest BCUT2D eigenvalue weighted by molar-refractivity contribution is 5.99. The largest absolute Gasteiger partial charge is 0.494 e. The molecule has 2 aromatic carbocycles. The van der Waals surface area contributed by atoms with Gasteiger partial charge in [-0.3, -0.25) is 9.59 Å². The van der Waals surface area contributed by atoms with Gasteiger partial charge in [0.15, 0.2) is 5.43 Å². The van der Waals surface area contributed by atoms with Gasteiger partial charge in [0.2, 0.25) is 5.76 Å². The van der Waals surface area contributed by atoms with Crippen LogP contribution in [0.15, 0.2) is 45.6 Å². The van der Waals surface area contributed by atoms with Crippen LogP contribution in [0.1, 0.15) is 59.6 Å². The van der Waals surface area contributed by atoms with Gasteiger partial charge in [0.05, 0.1) is 23.6 Å². The Bertz CT molecular complexity index is 1230. The molecule has 4 rings (SSSR count). The molecular formula is C27H32N2O4. The second-order valence-electron chi connectivity index (χ2n) is 8.54. The lowest BCUT2D eigenvalue weighted by Gasteiger charge is -2.28. The Kier molecular flexibility index (Phi) is 6.56. The molecule has 1 aromatic heterocycles. The minimum Gasteiger partial charge on any atom is -0.494 e. The number of benzene rings is 2. The zero-order chi connectivity index (χ0) is 23.7. The van der Waals surface area contributed by atoms with Gasteiger partial charge in [-0.25, -0.2) is 0 Å². The topological polar surface area (TPSA) is 63.0 Å². The molecule has 0 N–H and O–H groups in total. The van der Waals surface area contributed by atoms with E-state index in [9.17, 15) is 9.59 Å². The summed E-state index contributed by atoms with van der Waals surface area (Å²) in [6, 6.07) is 10.9. The summed E-state index contributed by atoms with van der Waals surface area (Å²) in [6.45, 7) is 13.7. The molecule has 0 saturated carbocycles. The van der Waals surface area contributed by atoms with Gasteiger partial charge in [0, 0.05) is 13.1 Å². The standard InChI is InChI=1S/C27H32N2O4/c1-6-28(7-2)13-14-29-24(19-9-11-20(12-10-19)32-8-3)23-25(30)21-15-17(4)18(5)16-22(21)33-26(23)27(29)31/h9-12,15-16,24H,6-8,13-14H2,1-5H3/t24-/m1/s1. The van der Waals surface area contributed by atoms with Crippen molar-refractivity contribution in [3.63, 3.8) is 0 Å². The minimum atomic E-state index is -0.485. The number of hydrogen-bond donors (Lipinski definition) is 0. The fourth-order valence-corrected chi connectivity index (χ4v) is 4.55. The maximum absolute atomic E-state index is 13.7. The molecule has 3 aromatic rings. The number of carbonyl (C=O) groups is 1. The van der Waals surface area contributed by atoms with E-state index in [0.29, 0.717) is 29.7 Å². The van der Waals surface area contributed by atoms with E-state index in [4.69, 9.17) is 9.15 Å². The monoisotopic (exact) mass is 448 g/mol. The number of amides is 1. The van der Waals surface area contributed by atoms with E-state index in [-0.39, 0.29) is 17.1 Å². The van der Waals surface area contributed by atoms with Crippen LogP contribution in [-0.2, 0) is 0 Å². The van der Waals surface area contributed by atoms with Crippen molar-refractivity contribution in [3.05, 3.63) is 74.6 Å². The average molecular weight is 449 g/mol. The van der Waals surface area contributed by atoms with Gasteiger partial charge in [0.1, 0.15) is 11.3 Å². The lowest BCUT2D eigenvalue weighted by Crippen LogP contribution is -2.37. The summed E-state index contributed by atoms with van der Waals surface area (Å²) in [5.74, 6) is 0.694. The van der Waals surface area contributed by atoms with Crippen LogP contribution in [0.3, 0.4) is 0 Å². The second kappa shape index (κ2) is 9.40. The highest BCUT2D eigenvalue weighted by Crippen LogP contribution is 2.38. The molecule has 1 aliphatic heterocycles. The van der Waals surface area contributed by atoms with E-state index in [1.54, 1.807) is 4.90 Å². The molecule has 0 aliphatic carbocycles. The number of rotatable bonds is 8. The zero-order valence-corrected chi connectivity index (χ0v) is 20.1. The van der Waals surface area contributed by atoms with Gasteiger partial charge in [-0.2, -0.15) is 0 Å². The second-order valence-corrected chi connectivity index (χ2v) is 8.54. The van der Waals surface area contributed by atoms with E-state index >= 15 is 0 Å². The molecule has 0 bridgehead atoms.